The quantitative estimate of drug-likeness (QED) is 0.655. The van der Waals surface area contributed by atoms with Gasteiger partial charge in [-0.1, -0.05) is 0 Å². The topological polar surface area (TPSA) is 75.7 Å². The van der Waals surface area contributed by atoms with Gasteiger partial charge < -0.3 is 10.1 Å². The maximum absolute atomic E-state index is 12.4. The van der Waals surface area contributed by atoms with Gasteiger partial charge in [-0.25, -0.2) is 12.7 Å². The number of hydrogen-bond acceptors (Lipinski definition) is 5. The Labute approximate surface area is 120 Å². The highest BCUT2D eigenvalue weighted by molar-refractivity contribution is 7.89. The van der Waals surface area contributed by atoms with E-state index in [1.165, 1.54) is 7.11 Å². The fourth-order valence-corrected chi connectivity index (χ4v) is 4.02. The van der Waals surface area contributed by atoms with Crippen LogP contribution in [0.1, 0.15) is 32.1 Å². The molecule has 1 atom stereocenters. The molecule has 1 heterocycles. The molecule has 1 saturated carbocycles. The molecular formula is C13H24N2O4S. The molecule has 116 valence electrons. The van der Waals surface area contributed by atoms with Crippen molar-refractivity contribution >= 4 is 16.0 Å². The van der Waals surface area contributed by atoms with Crippen LogP contribution in [0.5, 0.6) is 0 Å². The summed E-state index contributed by atoms with van der Waals surface area (Å²) in [4.78, 5) is 11.1. The largest absolute Gasteiger partial charge is 0.469 e. The summed E-state index contributed by atoms with van der Waals surface area (Å²) in [5, 5.41) is 3.33. The number of esters is 1. The standard InChI is InChI=1S/C13H24N2O4S/c1-19-13(16)6-8-20(17,18)15(9-11-4-5-11)10-12-3-2-7-14-12/h11-12,14H,2-10H2,1H3. The number of rotatable bonds is 8. The van der Waals surface area contributed by atoms with Gasteiger partial charge in [0.2, 0.25) is 10.0 Å². The SMILES string of the molecule is COC(=O)CCS(=O)(=O)N(CC1CC1)CC1CCCN1. The summed E-state index contributed by atoms with van der Waals surface area (Å²) < 4.78 is 30.9. The molecule has 0 amide bonds. The van der Waals surface area contributed by atoms with E-state index in [2.05, 4.69) is 10.1 Å². The van der Waals surface area contributed by atoms with E-state index >= 15 is 0 Å². The van der Waals surface area contributed by atoms with Crippen LogP contribution in [0.3, 0.4) is 0 Å². The van der Waals surface area contributed by atoms with Gasteiger partial charge in [0.05, 0.1) is 19.3 Å². The lowest BCUT2D eigenvalue weighted by molar-refractivity contribution is -0.140. The molecule has 0 aromatic rings. The van der Waals surface area contributed by atoms with Gasteiger partial charge in [0.1, 0.15) is 0 Å². The molecule has 0 spiro atoms. The number of ether oxygens (including phenoxy) is 1. The van der Waals surface area contributed by atoms with Crippen molar-refractivity contribution in [1.29, 1.82) is 0 Å². The Morgan fingerprint density at radius 3 is 2.60 bits per heavy atom. The molecule has 0 aromatic carbocycles. The predicted molar refractivity (Wildman–Crippen MR) is 75.7 cm³/mol. The van der Waals surface area contributed by atoms with Crippen molar-refractivity contribution in [2.45, 2.75) is 38.1 Å². The van der Waals surface area contributed by atoms with Crippen LogP contribution in [-0.4, -0.2) is 57.2 Å². The molecule has 2 fully saturated rings. The van der Waals surface area contributed by atoms with E-state index in [4.69, 9.17) is 0 Å². The second-order valence-corrected chi connectivity index (χ2v) is 7.78. The Morgan fingerprint density at radius 2 is 2.05 bits per heavy atom. The highest BCUT2D eigenvalue weighted by atomic mass is 32.2. The highest BCUT2D eigenvalue weighted by Crippen LogP contribution is 2.31. The summed E-state index contributed by atoms with van der Waals surface area (Å²) >= 11 is 0. The molecule has 1 aliphatic carbocycles. The zero-order valence-corrected chi connectivity index (χ0v) is 12.8. The van der Waals surface area contributed by atoms with Crippen LogP contribution >= 0.6 is 0 Å². The Kier molecular flexibility index (Phi) is 5.40. The number of nitrogens with one attached hydrogen (secondary N) is 1. The van der Waals surface area contributed by atoms with Crippen LogP contribution in [0, 0.1) is 5.92 Å². The van der Waals surface area contributed by atoms with Gasteiger partial charge in [-0.05, 0) is 38.1 Å². The van der Waals surface area contributed by atoms with Gasteiger partial charge in [-0.15, -0.1) is 0 Å². The summed E-state index contributed by atoms with van der Waals surface area (Å²) in [5.41, 5.74) is 0. The summed E-state index contributed by atoms with van der Waals surface area (Å²) in [7, 11) is -2.10. The van der Waals surface area contributed by atoms with E-state index < -0.39 is 16.0 Å². The van der Waals surface area contributed by atoms with Crippen LogP contribution < -0.4 is 5.32 Å². The maximum Gasteiger partial charge on any atom is 0.306 e. The molecule has 0 aromatic heterocycles. The Morgan fingerprint density at radius 1 is 1.30 bits per heavy atom. The molecule has 1 unspecified atom stereocenters. The molecule has 0 bridgehead atoms. The highest BCUT2D eigenvalue weighted by Gasteiger charge is 2.32. The third kappa shape index (κ3) is 4.71. The van der Waals surface area contributed by atoms with Gasteiger partial charge in [-0.2, -0.15) is 0 Å². The molecule has 2 aliphatic rings. The van der Waals surface area contributed by atoms with Crippen molar-refractivity contribution in [3.05, 3.63) is 0 Å². The van der Waals surface area contributed by atoms with Gasteiger partial charge in [0.15, 0.2) is 0 Å². The van der Waals surface area contributed by atoms with E-state index in [0.29, 0.717) is 19.0 Å². The monoisotopic (exact) mass is 304 g/mol. The fourth-order valence-electron chi connectivity index (χ4n) is 2.49. The second kappa shape index (κ2) is 6.87. The van der Waals surface area contributed by atoms with E-state index in [0.717, 1.165) is 32.2 Å². The first kappa shape index (κ1) is 15.7. The van der Waals surface area contributed by atoms with Crippen molar-refractivity contribution in [2.24, 2.45) is 5.92 Å². The number of nitrogens with zero attached hydrogens (tertiary/aromatic N) is 1. The smallest absolute Gasteiger partial charge is 0.306 e. The maximum atomic E-state index is 12.4. The fraction of sp³-hybridized carbons (Fsp3) is 0.923. The van der Waals surface area contributed by atoms with Crippen LogP contribution in [-0.2, 0) is 19.6 Å². The third-order valence-corrected chi connectivity index (χ3v) is 5.74. The molecular weight excluding hydrogens is 280 g/mol. The average molecular weight is 304 g/mol. The van der Waals surface area contributed by atoms with Crippen molar-refractivity contribution in [1.82, 2.24) is 9.62 Å². The zero-order valence-electron chi connectivity index (χ0n) is 12.0. The number of carbonyl (C=O) groups is 1. The molecule has 1 N–H and O–H groups in total. The Bertz CT molecular complexity index is 428. The zero-order chi connectivity index (χ0) is 14.6. The summed E-state index contributed by atoms with van der Waals surface area (Å²) in [6.45, 7) is 2.09. The molecule has 2 rings (SSSR count). The lowest BCUT2D eigenvalue weighted by Gasteiger charge is -2.25. The van der Waals surface area contributed by atoms with Crippen LogP contribution in [0.15, 0.2) is 0 Å². The van der Waals surface area contributed by atoms with E-state index in [9.17, 15) is 13.2 Å². The minimum Gasteiger partial charge on any atom is -0.469 e. The lowest BCUT2D eigenvalue weighted by atomic mass is 10.2. The third-order valence-electron chi connectivity index (χ3n) is 3.93. The lowest BCUT2D eigenvalue weighted by Crippen LogP contribution is -2.43. The van der Waals surface area contributed by atoms with Crippen LogP contribution in [0.4, 0.5) is 0 Å². The van der Waals surface area contributed by atoms with Gasteiger partial charge >= 0.3 is 5.97 Å². The van der Waals surface area contributed by atoms with E-state index in [1.807, 2.05) is 0 Å². The minimum atomic E-state index is -3.38. The number of hydrogen-bond donors (Lipinski definition) is 1. The van der Waals surface area contributed by atoms with E-state index in [1.54, 1.807) is 4.31 Å². The van der Waals surface area contributed by atoms with Crippen LogP contribution in [0.25, 0.3) is 0 Å². The normalized spacial score (nSPS) is 23.2. The molecule has 7 heteroatoms. The van der Waals surface area contributed by atoms with E-state index in [-0.39, 0.29) is 18.2 Å². The molecule has 6 nitrogen and oxygen atoms in total. The summed E-state index contributed by atoms with van der Waals surface area (Å²) in [5.74, 6) is -0.123. The van der Waals surface area contributed by atoms with Gasteiger partial charge in [0, 0.05) is 19.1 Å². The van der Waals surface area contributed by atoms with Crippen LogP contribution in [0.2, 0.25) is 0 Å². The number of carbonyl (C=O) groups excluding carboxylic acids is 1. The minimum absolute atomic E-state index is 0.0713. The summed E-state index contributed by atoms with van der Waals surface area (Å²) in [6.07, 6.45) is 4.28. The first-order chi connectivity index (χ1) is 9.51. The van der Waals surface area contributed by atoms with Crippen molar-refractivity contribution < 1.29 is 17.9 Å². The molecule has 1 saturated heterocycles. The van der Waals surface area contributed by atoms with Crippen molar-refractivity contribution in [2.75, 3.05) is 32.5 Å². The summed E-state index contributed by atoms with van der Waals surface area (Å²) in [6, 6.07) is 0.252. The number of sulfonamides is 1. The predicted octanol–water partition coefficient (Wildman–Crippen LogP) is 0.343. The molecule has 20 heavy (non-hydrogen) atoms. The first-order valence-corrected chi connectivity index (χ1v) is 8.90. The Balaban J connectivity index is 1.93. The second-order valence-electron chi connectivity index (χ2n) is 5.70. The van der Waals surface area contributed by atoms with Gasteiger partial charge in [0.25, 0.3) is 0 Å². The molecule has 0 radical (unpaired) electrons. The number of methoxy groups -OCH3 is 1. The van der Waals surface area contributed by atoms with Crippen molar-refractivity contribution in [3.8, 4) is 0 Å². The Hall–Kier alpha value is -0.660. The average Bonchev–Trinajstić information content (AvgIpc) is 3.09. The van der Waals surface area contributed by atoms with Gasteiger partial charge in [-0.3, -0.25) is 4.79 Å². The first-order valence-electron chi connectivity index (χ1n) is 7.29. The van der Waals surface area contributed by atoms with Crippen molar-refractivity contribution in [3.63, 3.8) is 0 Å². The molecule has 1 aliphatic heterocycles.